The van der Waals surface area contributed by atoms with Crippen molar-refractivity contribution in [1.82, 2.24) is 29.8 Å². The molecule has 1 unspecified atom stereocenters. The second kappa shape index (κ2) is 20.7. The number of likely N-dealkylation sites (tertiary alicyclic amines) is 2. The minimum absolute atomic E-state index is 0.00726. The van der Waals surface area contributed by atoms with Crippen LogP contribution in [0.5, 0.6) is 0 Å². The molecule has 6 amide bonds. The molecule has 7 atom stereocenters. The molecule has 0 aliphatic carbocycles. The van der Waals surface area contributed by atoms with Crippen LogP contribution < -0.4 is 5.32 Å². The molecule has 3 aliphatic rings. The first-order valence-corrected chi connectivity index (χ1v) is 21.4. The zero-order chi connectivity index (χ0) is 44.7. The van der Waals surface area contributed by atoms with Gasteiger partial charge in [-0.1, -0.05) is 85.7 Å². The predicted octanol–water partition coefficient (Wildman–Crippen LogP) is 3.26. The molecule has 332 valence electrons. The van der Waals surface area contributed by atoms with Gasteiger partial charge in [0.05, 0.1) is 13.2 Å². The zero-order valence-corrected chi connectivity index (χ0v) is 37.7. The van der Waals surface area contributed by atoms with Crippen molar-refractivity contribution in [2.75, 3.05) is 41.3 Å². The van der Waals surface area contributed by atoms with E-state index in [1.165, 1.54) is 27.9 Å². The van der Waals surface area contributed by atoms with Crippen LogP contribution in [-0.4, -0.2) is 150 Å². The Morgan fingerprint density at radius 2 is 1.35 bits per heavy atom. The largest absolute Gasteiger partial charge is 0.499 e. The fourth-order valence-corrected chi connectivity index (χ4v) is 8.93. The summed E-state index contributed by atoms with van der Waals surface area (Å²) < 4.78 is 11.4. The van der Waals surface area contributed by atoms with Gasteiger partial charge in [0.1, 0.15) is 36.0 Å². The molecule has 0 aromatic heterocycles. The molecule has 0 spiro atoms. The number of imide groups is 1. The predicted molar refractivity (Wildman–Crippen MR) is 226 cm³/mol. The summed E-state index contributed by atoms with van der Waals surface area (Å²) in [7, 11) is 6.64. The SMILES string of the molecule is COC1=CC(=O)N(C(=O)[C@@H](OC(=O)[C@@H]2CCCN2C(=O)C2CCCN2C(=O)[C@H](C(C)C)N(C)C(=O)[C@@H](NC(=O)[C@H](C(C)C)N(C)C)C(C)C)C(C)C)[C@H]1Cc1ccccc1. The third-order valence-electron chi connectivity index (χ3n) is 11.9. The third-order valence-corrected chi connectivity index (χ3v) is 11.9. The Hall–Kier alpha value is -4.79. The minimum Gasteiger partial charge on any atom is -0.499 e. The monoisotopic (exact) mass is 837 g/mol. The number of ether oxygens (including phenoxy) is 2. The summed E-state index contributed by atoms with van der Waals surface area (Å²) in [4.78, 5) is 105. The molecule has 60 heavy (non-hydrogen) atoms. The number of amides is 6. The lowest BCUT2D eigenvalue weighted by atomic mass is 9.96. The van der Waals surface area contributed by atoms with Gasteiger partial charge in [0.25, 0.3) is 11.8 Å². The fraction of sp³-hybridized carbons (Fsp3) is 0.667. The van der Waals surface area contributed by atoms with Gasteiger partial charge in [0.15, 0.2) is 6.10 Å². The second-order valence-corrected chi connectivity index (χ2v) is 18.0. The summed E-state index contributed by atoms with van der Waals surface area (Å²) in [5.74, 6) is -4.24. The van der Waals surface area contributed by atoms with Gasteiger partial charge in [-0.05, 0) is 69.0 Å². The van der Waals surface area contributed by atoms with E-state index < -0.39 is 77.9 Å². The molecular formula is C45H68N6O9. The highest BCUT2D eigenvalue weighted by atomic mass is 16.6. The first-order chi connectivity index (χ1) is 28.2. The van der Waals surface area contributed by atoms with Gasteiger partial charge in [0, 0.05) is 32.6 Å². The number of esters is 1. The number of hydrogen-bond donors (Lipinski definition) is 1. The van der Waals surface area contributed by atoms with E-state index in [9.17, 15) is 33.6 Å². The summed E-state index contributed by atoms with van der Waals surface area (Å²) >= 11 is 0. The molecule has 3 heterocycles. The summed E-state index contributed by atoms with van der Waals surface area (Å²) in [6.45, 7) is 15.3. The lowest BCUT2D eigenvalue weighted by molar-refractivity contribution is -0.170. The molecule has 1 aromatic rings. The molecule has 1 aromatic carbocycles. The Bertz CT molecular complexity index is 1750. The first-order valence-electron chi connectivity index (χ1n) is 21.4. The van der Waals surface area contributed by atoms with Crippen molar-refractivity contribution in [3.8, 4) is 0 Å². The van der Waals surface area contributed by atoms with Crippen molar-refractivity contribution in [2.45, 2.75) is 130 Å². The molecule has 0 radical (unpaired) electrons. The molecular weight excluding hydrogens is 769 g/mol. The molecule has 15 nitrogen and oxygen atoms in total. The Kier molecular flexibility index (Phi) is 16.5. The Morgan fingerprint density at radius 3 is 1.88 bits per heavy atom. The average molecular weight is 837 g/mol. The van der Waals surface area contributed by atoms with Crippen LogP contribution in [0, 0.1) is 23.7 Å². The van der Waals surface area contributed by atoms with E-state index in [1.807, 2.05) is 90.9 Å². The van der Waals surface area contributed by atoms with Gasteiger partial charge in [-0.25, -0.2) is 4.79 Å². The van der Waals surface area contributed by atoms with E-state index >= 15 is 0 Å². The number of nitrogens with zero attached hydrogens (tertiary/aromatic N) is 5. The molecule has 15 heteroatoms. The minimum atomic E-state index is -1.31. The van der Waals surface area contributed by atoms with E-state index in [1.54, 1.807) is 20.9 Å². The average Bonchev–Trinajstić information content (AvgIpc) is 3.94. The number of rotatable bonds is 17. The van der Waals surface area contributed by atoms with Crippen LogP contribution in [0.4, 0.5) is 0 Å². The number of nitrogens with one attached hydrogen (secondary N) is 1. The highest BCUT2D eigenvalue weighted by Crippen LogP contribution is 2.30. The highest BCUT2D eigenvalue weighted by molar-refractivity contribution is 6.06. The van der Waals surface area contributed by atoms with Crippen molar-refractivity contribution >= 4 is 41.4 Å². The quantitative estimate of drug-likeness (QED) is 0.230. The van der Waals surface area contributed by atoms with E-state index in [0.29, 0.717) is 44.4 Å². The summed E-state index contributed by atoms with van der Waals surface area (Å²) in [5, 5.41) is 2.95. The topological polar surface area (TPSA) is 166 Å². The molecule has 4 rings (SSSR count). The maximum atomic E-state index is 14.5. The lowest BCUT2D eigenvalue weighted by Crippen LogP contribution is -2.61. The van der Waals surface area contributed by atoms with Crippen LogP contribution >= 0.6 is 0 Å². The zero-order valence-electron chi connectivity index (χ0n) is 37.7. The van der Waals surface area contributed by atoms with E-state index in [2.05, 4.69) is 5.32 Å². The Morgan fingerprint density at radius 1 is 0.767 bits per heavy atom. The number of hydrogen-bond acceptors (Lipinski definition) is 10. The summed E-state index contributed by atoms with van der Waals surface area (Å²) in [5.41, 5.74) is 0.886. The van der Waals surface area contributed by atoms with Crippen LogP contribution in [0.2, 0.25) is 0 Å². The molecule has 1 N–H and O–H groups in total. The van der Waals surface area contributed by atoms with Gasteiger partial charge >= 0.3 is 5.97 Å². The van der Waals surface area contributed by atoms with E-state index in [0.717, 1.165) is 10.5 Å². The molecule has 2 saturated heterocycles. The highest BCUT2D eigenvalue weighted by Gasteiger charge is 2.48. The van der Waals surface area contributed by atoms with Gasteiger partial charge < -0.3 is 29.5 Å². The maximum Gasteiger partial charge on any atom is 0.329 e. The molecule has 3 aliphatic heterocycles. The Labute approximate surface area is 356 Å². The van der Waals surface area contributed by atoms with E-state index in [-0.39, 0.29) is 36.1 Å². The number of likely N-dealkylation sites (N-methyl/N-ethyl adjacent to an activating group) is 2. The molecule has 0 bridgehead atoms. The van der Waals surface area contributed by atoms with Crippen LogP contribution in [0.1, 0.15) is 86.6 Å². The Balaban J connectivity index is 1.50. The smallest absolute Gasteiger partial charge is 0.329 e. The normalized spacial score (nSPS) is 21.4. The second-order valence-electron chi connectivity index (χ2n) is 18.0. The summed E-state index contributed by atoms with van der Waals surface area (Å²) in [6, 6.07) is 4.52. The van der Waals surface area contributed by atoms with Crippen LogP contribution in [0.25, 0.3) is 0 Å². The summed E-state index contributed by atoms with van der Waals surface area (Å²) in [6.07, 6.45) is 2.02. The van der Waals surface area contributed by atoms with Crippen LogP contribution in [-0.2, 0) is 49.5 Å². The van der Waals surface area contributed by atoms with Crippen LogP contribution in [0.15, 0.2) is 42.2 Å². The van der Waals surface area contributed by atoms with Crippen molar-refractivity contribution in [3.63, 3.8) is 0 Å². The van der Waals surface area contributed by atoms with Crippen molar-refractivity contribution < 1.29 is 43.0 Å². The maximum absolute atomic E-state index is 14.5. The third kappa shape index (κ3) is 10.6. The number of carbonyl (C=O) groups is 7. The van der Waals surface area contributed by atoms with Gasteiger partial charge in [-0.3, -0.25) is 38.6 Å². The van der Waals surface area contributed by atoms with E-state index in [4.69, 9.17) is 9.47 Å². The van der Waals surface area contributed by atoms with Crippen LogP contribution in [0.3, 0.4) is 0 Å². The fourth-order valence-electron chi connectivity index (χ4n) is 8.93. The van der Waals surface area contributed by atoms with Gasteiger partial charge in [-0.15, -0.1) is 0 Å². The lowest BCUT2D eigenvalue weighted by Gasteiger charge is -2.39. The van der Waals surface area contributed by atoms with Gasteiger partial charge in [0.2, 0.25) is 23.6 Å². The molecule has 0 saturated carbocycles. The number of benzene rings is 1. The standard InChI is InChI=1S/C45H68N6O9/c1-26(2)36(46-40(53)37(27(3)4)47(9)10)42(55)48(11)38(28(5)6)43(56)49-22-16-20-31(49)41(54)50-23-17-21-32(50)45(58)60-39(29(7)8)44(57)51-33(34(59-12)25-35(51)52)24-30-18-14-13-15-19-30/h13-15,18-19,25-29,31-33,36-39H,16-17,20-24H2,1-12H3,(H,46,53)/t31?,32-,33-,36-,37-,38-,39-/m0/s1. The number of carbonyl (C=O) groups excluding carboxylic acids is 7. The van der Waals surface area contributed by atoms with Crippen molar-refractivity contribution in [1.29, 1.82) is 0 Å². The van der Waals surface area contributed by atoms with Crippen molar-refractivity contribution in [2.24, 2.45) is 23.7 Å². The molecule has 2 fully saturated rings. The number of methoxy groups -OCH3 is 1. The van der Waals surface area contributed by atoms with Gasteiger partial charge in [-0.2, -0.15) is 0 Å². The van der Waals surface area contributed by atoms with Crippen molar-refractivity contribution in [3.05, 3.63) is 47.7 Å². The first kappa shape index (κ1) is 47.9.